The highest BCUT2D eigenvalue weighted by Gasteiger charge is 2.19. The zero-order chi connectivity index (χ0) is 12.1. The summed E-state index contributed by atoms with van der Waals surface area (Å²) in [5, 5.41) is 1.88. The van der Waals surface area contributed by atoms with Crippen LogP contribution in [-0.2, 0) is 4.79 Å². The first-order valence-corrected chi connectivity index (χ1v) is 5.86. The van der Waals surface area contributed by atoms with Gasteiger partial charge in [0.25, 0.3) is 5.91 Å². The van der Waals surface area contributed by atoms with Crippen molar-refractivity contribution in [1.82, 2.24) is 10.4 Å². The Balaban J connectivity index is 1.86. The molecule has 4 heteroatoms. The van der Waals surface area contributed by atoms with Crippen LogP contribution >= 0.6 is 0 Å². The monoisotopic (exact) mass is 232 g/mol. The maximum atomic E-state index is 11.8. The molecule has 0 spiro atoms. The van der Waals surface area contributed by atoms with Gasteiger partial charge in [0.05, 0.1) is 0 Å². The molecule has 17 heavy (non-hydrogen) atoms. The normalized spacial score (nSPS) is 17.6. The number of carbonyl (C=O) groups excluding carboxylic acids is 2. The quantitative estimate of drug-likeness (QED) is 0.798. The van der Waals surface area contributed by atoms with Crippen molar-refractivity contribution in [3.05, 3.63) is 35.9 Å². The van der Waals surface area contributed by atoms with Crippen LogP contribution < -0.4 is 5.43 Å². The lowest BCUT2D eigenvalue weighted by Crippen LogP contribution is -2.46. The fourth-order valence-electron chi connectivity index (χ4n) is 1.95. The van der Waals surface area contributed by atoms with Crippen molar-refractivity contribution in [2.45, 2.75) is 12.8 Å². The van der Waals surface area contributed by atoms with E-state index >= 15 is 0 Å². The van der Waals surface area contributed by atoms with Crippen molar-refractivity contribution in [1.29, 1.82) is 0 Å². The average Bonchev–Trinajstić information content (AvgIpc) is 2.40. The Hall–Kier alpha value is -1.68. The van der Waals surface area contributed by atoms with Gasteiger partial charge in [-0.05, 0) is 25.0 Å². The fourth-order valence-corrected chi connectivity index (χ4v) is 1.95. The minimum Gasteiger partial charge on any atom is -0.303 e. The van der Waals surface area contributed by atoms with Gasteiger partial charge in [-0.2, -0.15) is 0 Å². The fraction of sp³-hybridized carbons (Fsp3) is 0.385. The molecule has 0 aromatic heterocycles. The van der Waals surface area contributed by atoms with E-state index in [2.05, 4.69) is 5.43 Å². The van der Waals surface area contributed by atoms with E-state index < -0.39 is 0 Å². The number of carbonyl (C=O) groups is 2. The summed E-state index contributed by atoms with van der Waals surface area (Å²) in [4.78, 5) is 22.4. The largest absolute Gasteiger partial charge is 0.303 e. The van der Waals surface area contributed by atoms with Gasteiger partial charge in [0.2, 0.25) is 0 Å². The number of hydrogen-bond acceptors (Lipinski definition) is 3. The predicted molar refractivity (Wildman–Crippen MR) is 64.3 cm³/mol. The van der Waals surface area contributed by atoms with Gasteiger partial charge in [-0.25, -0.2) is 5.01 Å². The van der Waals surface area contributed by atoms with Crippen LogP contribution in [0.3, 0.4) is 0 Å². The molecule has 1 aliphatic rings. The summed E-state index contributed by atoms with van der Waals surface area (Å²) in [5.74, 6) is 0.0648. The molecule has 0 saturated carbocycles. The van der Waals surface area contributed by atoms with Crippen molar-refractivity contribution in [3.63, 3.8) is 0 Å². The third-order valence-electron chi connectivity index (χ3n) is 3.03. The van der Waals surface area contributed by atoms with E-state index in [0.29, 0.717) is 5.56 Å². The number of rotatable bonds is 3. The van der Waals surface area contributed by atoms with Crippen LogP contribution in [0.25, 0.3) is 0 Å². The molecule has 1 aromatic rings. The van der Waals surface area contributed by atoms with Gasteiger partial charge in [0.15, 0.2) is 0 Å². The Morgan fingerprint density at radius 1 is 1.24 bits per heavy atom. The Labute approximate surface area is 101 Å². The van der Waals surface area contributed by atoms with Gasteiger partial charge in [-0.3, -0.25) is 10.2 Å². The third-order valence-corrected chi connectivity index (χ3v) is 3.03. The van der Waals surface area contributed by atoms with Crippen LogP contribution in [0.4, 0.5) is 0 Å². The van der Waals surface area contributed by atoms with E-state index in [9.17, 15) is 9.59 Å². The minimum absolute atomic E-state index is 0.0878. The standard InChI is InChI=1S/C13H16N2O2/c16-10-11-6-8-15(9-7-11)14-13(17)12-4-2-1-3-5-12/h1-5,10-11H,6-9H2,(H,14,17). The average molecular weight is 232 g/mol. The van der Waals surface area contributed by atoms with Crippen LogP contribution in [0.15, 0.2) is 30.3 Å². The van der Waals surface area contributed by atoms with Crippen molar-refractivity contribution < 1.29 is 9.59 Å². The number of hydrazine groups is 1. The number of nitrogens with one attached hydrogen (secondary N) is 1. The molecule has 0 radical (unpaired) electrons. The lowest BCUT2D eigenvalue weighted by atomic mass is 10.00. The van der Waals surface area contributed by atoms with E-state index in [1.807, 2.05) is 23.2 Å². The lowest BCUT2D eigenvalue weighted by Gasteiger charge is -2.29. The zero-order valence-electron chi connectivity index (χ0n) is 9.63. The van der Waals surface area contributed by atoms with Crippen LogP contribution in [0.5, 0.6) is 0 Å². The van der Waals surface area contributed by atoms with Gasteiger partial charge in [0.1, 0.15) is 6.29 Å². The Morgan fingerprint density at radius 2 is 1.88 bits per heavy atom. The molecule has 0 aliphatic carbocycles. The number of hydrogen-bond donors (Lipinski definition) is 1. The highest BCUT2D eigenvalue weighted by molar-refractivity contribution is 5.93. The smallest absolute Gasteiger partial charge is 0.265 e. The molecule has 0 atom stereocenters. The summed E-state index contributed by atoms with van der Waals surface area (Å²) in [5.41, 5.74) is 3.52. The van der Waals surface area contributed by atoms with Crippen LogP contribution in [-0.4, -0.2) is 30.3 Å². The van der Waals surface area contributed by atoms with Gasteiger partial charge >= 0.3 is 0 Å². The first-order chi connectivity index (χ1) is 8.29. The highest BCUT2D eigenvalue weighted by atomic mass is 16.2. The Morgan fingerprint density at radius 3 is 2.47 bits per heavy atom. The topological polar surface area (TPSA) is 49.4 Å². The minimum atomic E-state index is -0.0878. The molecule has 0 unspecified atom stereocenters. The second-order valence-electron chi connectivity index (χ2n) is 4.27. The summed E-state index contributed by atoms with van der Waals surface area (Å²) in [6, 6.07) is 9.13. The zero-order valence-corrected chi connectivity index (χ0v) is 9.63. The van der Waals surface area contributed by atoms with Crippen molar-refractivity contribution in [2.75, 3.05) is 13.1 Å². The first kappa shape index (κ1) is 11.8. The maximum absolute atomic E-state index is 11.8. The molecular formula is C13H16N2O2. The molecule has 90 valence electrons. The van der Waals surface area contributed by atoms with Gasteiger partial charge < -0.3 is 4.79 Å². The van der Waals surface area contributed by atoms with E-state index in [4.69, 9.17) is 0 Å². The molecule has 1 N–H and O–H groups in total. The molecule has 0 bridgehead atoms. The number of nitrogens with zero attached hydrogens (tertiary/aromatic N) is 1. The Bertz CT molecular complexity index is 384. The first-order valence-electron chi connectivity index (χ1n) is 5.86. The molecule has 1 saturated heterocycles. The molecule has 1 heterocycles. The third kappa shape index (κ3) is 3.14. The predicted octanol–water partition coefficient (Wildman–Crippen LogP) is 1.24. The lowest BCUT2D eigenvalue weighted by molar-refractivity contribution is -0.112. The van der Waals surface area contributed by atoms with Crippen molar-refractivity contribution >= 4 is 12.2 Å². The molecule has 2 rings (SSSR count). The summed E-state index contributed by atoms with van der Waals surface area (Å²) < 4.78 is 0. The maximum Gasteiger partial charge on any atom is 0.265 e. The van der Waals surface area contributed by atoms with Gasteiger partial charge in [-0.1, -0.05) is 18.2 Å². The van der Waals surface area contributed by atoms with Crippen LogP contribution in [0, 0.1) is 5.92 Å². The van der Waals surface area contributed by atoms with E-state index in [-0.39, 0.29) is 11.8 Å². The summed E-state index contributed by atoms with van der Waals surface area (Å²) >= 11 is 0. The molecule has 1 aliphatic heterocycles. The molecule has 4 nitrogen and oxygen atoms in total. The second-order valence-corrected chi connectivity index (χ2v) is 4.27. The SMILES string of the molecule is O=CC1CCN(NC(=O)c2ccccc2)CC1. The van der Waals surface area contributed by atoms with Gasteiger partial charge in [0, 0.05) is 24.6 Å². The number of amides is 1. The van der Waals surface area contributed by atoms with Crippen molar-refractivity contribution in [3.8, 4) is 0 Å². The van der Waals surface area contributed by atoms with Crippen molar-refractivity contribution in [2.24, 2.45) is 5.92 Å². The van der Waals surface area contributed by atoms with E-state index in [0.717, 1.165) is 32.2 Å². The van der Waals surface area contributed by atoms with E-state index in [1.54, 1.807) is 12.1 Å². The summed E-state index contributed by atoms with van der Waals surface area (Å²) in [6.07, 6.45) is 2.65. The molecule has 1 amide bonds. The highest BCUT2D eigenvalue weighted by Crippen LogP contribution is 2.13. The van der Waals surface area contributed by atoms with E-state index in [1.165, 1.54) is 0 Å². The summed E-state index contributed by atoms with van der Waals surface area (Å²) in [6.45, 7) is 1.48. The second kappa shape index (κ2) is 5.59. The number of aldehydes is 1. The number of piperidine rings is 1. The van der Waals surface area contributed by atoms with Gasteiger partial charge in [-0.15, -0.1) is 0 Å². The van der Waals surface area contributed by atoms with Crippen LogP contribution in [0.1, 0.15) is 23.2 Å². The molecular weight excluding hydrogens is 216 g/mol. The summed E-state index contributed by atoms with van der Waals surface area (Å²) in [7, 11) is 0. The Kier molecular flexibility index (Phi) is 3.88. The van der Waals surface area contributed by atoms with Crippen LogP contribution in [0.2, 0.25) is 0 Å². The number of benzene rings is 1. The molecule has 1 fully saturated rings. The molecule has 1 aromatic carbocycles.